The van der Waals surface area contributed by atoms with E-state index in [9.17, 15) is 18.7 Å². The van der Waals surface area contributed by atoms with Crippen LogP contribution in [0.3, 0.4) is 0 Å². The third kappa shape index (κ3) is 4.74. The van der Waals surface area contributed by atoms with Gasteiger partial charge in [-0.3, -0.25) is 4.79 Å². The van der Waals surface area contributed by atoms with Crippen LogP contribution in [0.15, 0.2) is 42.5 Å². The van der Waals surface area contributed by atoms with Crippen LogP contribution >= 0.6 is 11.6 Å². The smallest absolute Gasteiger partial charge is 0.224 e. The van der Waals surface area contributed by atoms with Crippen molar-refractivity contribution in [1.82, 2.24) is 5.32 Å². The molecule has 2 aromatic carbocycles. The van der Waals surface area contributed by atoms with Gasteiger partial charge in [-0.2, -0.15) is 0 Å². The lowest BCUT2D eigenvalue weighted by Crippen LogP contribution is -2.39. The number of carbonyl (C=O) groups excluding carboxylic acids is 1. The summed E-state index contributed by atoms with van der Waals surface area (Å²) in [6, 6.07) is 9.71. The van der Waals surface area contributed by atoms with Crippen LogP contribution in [0.5, 0.6) is 0 Å². The van der Waals surface area contributed by atoms with Gasteiger partial charge in [-0.1, -0.05) is 29.8 Å². The van der Waals surface area contributed by atoms with Gasteiger partial charge < -0.3 is 10.4 Å². The molecule has 0 spiro atoms. The molecule has 0 heterocycles. The Kier molecular flexibility index (Phi) is 5.34. The van der Waals surface area contributed by atoms with Crippen LogP contribution in [0.1, 0.15) is 18.1 Å². The quantitative estimate of drug-likeness (QED) is 0.879. The molecule has 3 nitrogen and oxygen atoms in total. The van der Waals surface area contributed by atoms with Gasteiger partial charge in [0.2, 0.25) is 5.91 Å². The average molecular weight is 340 g/mol. The van der Waals surface area contributed by atoms with Crippen molar-refractivity contribution in [2.75, 3.05) is 6.54 Å². The van der Waals surface area contributed by atoms with Gasteiger partial charge in [0.1, 0.15) is 17.2 Å². The zero-order chi connectivity index (χ0) is 17.0. The molecule has 1 unspecified atom stereocenters. The number of halogens is 3. The molecule has 122 valence electrons. The van der Waals surface area contributed by atoms with Crippen LogP contribution in [0.25, 0.3) is 0 Å². The van der Waals surface area contributed by atoms with E-state index >= 15 is 0 Å². The highest BCUT2D eigenvalue weighted by Gasteiger charge is 2.27. The summed E-state index contributed by atoms with van der Waals surface area (Å²) in [4.78, 5) is 11.9. The Morgan fingerprint density at radius 1 is 1.22 bits per heavy atom. The van der Waals surface area contributed by atoms with Crippen molar-refractivity contribution in [2.45, 2.75) is 18.9 Å². The first-order valence-corrected chi connectivity index (χ1v) is 7.35. The Morgan fingerprint density at radius 2 is 1.87 bits per heavy atom. The van der Waals surface area contributed by atoms with E-state index in [1.54, 1.807) is 24.3 Å². The Hall–Kier alpha value is -1.98. The van der Waals surface area contributed by atoms with E-state index in [0.29, 0.717) is 11.1 Å². The minimum absolute atomic E-state index is 0.0781. The van der Waals surface area contributed by atoms with Crippen molar-refractivity contribution in [3.8, 4) is 0 Å². The van der Waals surface area contributed by atoms with Crippen molar-refractivity contribution in [3.05, 3.63) is 70.2 Å². The maximum Gasteiger partial charge on any atom is 0.224 e. The molecule has 2 aromatic rings. The lowest BCUT2D eigenvalue weighted by Gasteiger charge is -2.24. The van der Waals surface area contributed by atoms with Crippen LogP contribution in [0.2, 0.25) is 5.02 Å². The number of hydrogen-bond acceptors (Lipinski definition) is 2. The number of nitrogens with one attached hydrogen (secondary N) is 1. The Morgan fingerprint density at radius 3 is 2.48 bits per heavy atom. The molecule has 1 amide bonds. The maximum atomic E-state index is 13.7. The first-order chi connectivity index (χ1) is 10.8. The topological polar surface area (TPSA) is 49.3 Å². The summed E-state index contributed by atoms with van der Waals surface area (Å²) in [7, 11) is 0. The van der Waals surface area contributed by atoms with Gasteiger partial charge in [-0.15, -0.1) is 0 Å². The number of aliphatic hydroxyl groups is 1. The summed E-state index contributed by atoms with van der Waals surface area (Å²) in [5, 5.41) is 13.4. The van der Waals surface area contributed by atoms with E-state index in [-0.39, 0.29) is 24.4 Å². The molecule has 0 radical (unpaired) electrons. The van der Waals surface area contributed by atoms with Crippen LogP contribution in [-0.4, -0.2) is 17.6 Å². The SMILES string of the molecule is CC(O)(CNC(=O)Cc1ccc(Cl)cc1)c1ccc(F)cc1F. The predicted molar refractivity (Wildman–Crippen MR) is 84.1 cm³/mol. The van der Waals surface area contributed by atoms with Crippen molar-refractivity contribution < 1.29 is 18.7 Å². The average Bonchev–Trinajstić information content (AvgIpc) is 2.47. The van der Waals surface area contributed by atoms with Gasteiger partial charge in [-0.05, 0) is 30.7 Å². The molecule has 0 bridgehead atoms. The molecule has 6 heteroatoms. The van der Waals surface area contributed by atoms with Gasteiger partial charge in [0.25, 0.3) is 0 Å². The predicted octanol–water partition coefficient (Wildman–Crippen LogP) is 3.18. The summed E-state index contributed by atoms with van der Waals surface area (Å²) in [6.07, 6.45) is 0.110. The minimum atomic E-state index is -1.65. The highest BCUT2D eigenvalue weighted by Crippen LogP contribution is 2.23. The van der Waals surface area contributed by atoms with Crippen molar-refractivity contribution in [1.29, 1.82) is 0 Å². The van der Waals surface area contributed by atoms with Gasteiger partial charge in [-0.25, -0.2) is 8.78 Å². The summed E-state index contributed by atoms with van der Waals surface area (Å²) < 4.78 is 26.6. The summed E-state index contributed by atoms with van der Waals surface area (Å²) in [6.45, 7) is 1.16. The second-order valence-corrected chi connectivity index (χ2v) is 5.91. The van der Waals surface area contributed by atoms with E-state index in [1.807, 2.05) is 0 Å². The van der Waals surface area contributed by atoms with Gasteiger partial charge >= 0.3 is 0 Å². The fourth-order valence-electron chi connectivity index (χ4n) is 2.14. The number of carbonyl (C=O) groups is 1. The molecule has 1 atom stereocenters. The maximum absolute atomic E-state index is 13.7. The molecule has 2 N–H and O–H groups in total. The molecule has 23 heavy (non-hydrogen) atoms. The molecule has 0 aliphatic rings. The zero-order valence-corrected chi connectivity index (χ0v) is 13.2. The minimum Gasteiger partial charge on any atom is -0.383 e. The first-order valence-electron chi connectivity index (χ1n) is 6.97. The summed E-state index contributed by atoms with van der Waals surface area (Å²) in [5.74, 6) is -1.91. The summed E-state index contributed by atoms with van der Waals surface area (Å²) in [5.41, 5.74) is -0.960. The second kappa shape index (κ2) is 7.06. The van der Waals surface area contributed by atoms with Crippen molar-refractivity contribution in [3.63, 3.8) is 0 Å². The van der Waals surface area contributed by atoms with E-state index in [2.05, 4.69) is 5.32 Å². The molecule has 0 fully saturated rings. The number of hydrogen-bond donors (Lipinski definition) is 2. The number of amides is 1. The monoisotopic (exact) mass is 339 g/mol. The van der Waals surface area contributed by atoms with E-state index in [0.717, 1.165) is 17.7 Å². The van der Waals surface area contributed by atoms with Crippen LogP contribution in [-0.2, 0) is 16.8 Å². The third-order valence-corrected chi connectivity index (χ3v) is 3.67. The molecular weight excluding hydrogens is 324 g/mol. The number of benzene rings is 2. The largest absolute Gasteiger partial charge is 0.383 e. The molecule has 0 aromatic heterocycles. The van der Waals surface area contributed by atoms with Gasteiger partial charge in [0, 0.05) is 16.7 Å². The Balaban J connectivity index is 1.98. The van der Waals surface area contributed by atoms with Gasteiger partial charge in [0.05, 0.1) is 13.0 Å². The molecular formula is C17H16ClF2NO2. The molecule has 0 aliphatic carbocycles. The van der Waals surface area contributed by atoms with Crippen LogP contribution in [0, 0.1) is 11.6 Å². The molecule has 2 rings (SSSR count). The fraction of sp³-hybridized carbons (Fsp3) is 0.235. The Bertz CT molecular complexity index is 702. The second-order valence-electron chi connectivity index (χ2n) is 5.48. The zero-order valence-electron chi connectivity index (χ0n) is 12.4. The van der Waals surface area contributed by atoms with Crippen LogP contribution in [0.4, 0.5) is 8.78 Å². The Labute approximate surface area is 137 Å². The standard InChI is InChI=1S/C17H16ClF2NO2/c1-17(23,14-7-6-13(19)9-15(14)20)10-21-16(22)8-11-2-4-12(18)5-3-11/h2-7,9,23H,8,10H2,1H3,(H,21,22). The molecule has 0 saturated heterocycles. The third-order valence-electron chi connectivity index (χ3n) is 3.42. The van der Waals surface area contributed by atoms with Crippen LogP contribution < -0.4 is 5.32 Å². The summed E-state index contributed by atoms with van der Waals surface area (Å²) >= 11 is 5.77. The number of rotatable bonds is 5. The molecule has 0 saturated carbocycles. The van der Waals surface area contributed by atoms with Gasteiger partial charge in [0.15, 0.2) is 0 Å². The van der Waals surface area contributed by atoms with Crippen molar-refractivity contribution >= 4 is 17.5 Å². The van der Waals surface area contributed by atoms with Crippen molar-refractivity contribution in [2.24, 2.45) is 0 Å². The highest BCUT2D eigenvalue weighted by molar-refractivity contribution is 6.30. The van der Waals surface area contributed by atoms with E-state index < -0.39 is 17.2 Å². The normalized spacial score (nSPS) is 13.4. The molecule has 0 aliphatic heterocycles. The van der Waals surface area contributed by atoms with E-state index in [1.165, 1.54) is 6.92 Å². The highest BCUT2D eigenvalue weighted by atomic mass is 35.5. The van der Waals surface area contributed by atoms with E-state index in [4.69, 9.17) is 11.6 Å². The first kappa shape index (κ1) is 17.4. The lowest BCUT2D eigenvalue weighted by atomic mass is 9.95. The fourth-order valence-corrected chi connectivity index (χ4v) is 2.27. The lowest BCUT2D eigenvalue weighted by molar-refractivity contribution is -0.121.